The third kappa shape index (κ3) is 14.0. The minimum atomic E-state index is -0.515. The predicted molar refractivity (Wildman–Crippen MR) is 135 cm³/mol. The molecule has 3 unspecified atom stereocenters. The zero-order valence-corrected chi connectivity index (χ0v) is 24.2. The Bertz CT molecular complexity index is 825. The molecule has 3 atom stereocenters. The lowest BCUT2D eigenvalue weighted by Gasteiger charge is -2.36. The highest BCUT2D eigenvalue weighted by Crippen LogP contribution is 2.24. The molecule has 218 valence electrons. The van der Waals surface area contributed by atoms with E-state index in [9.17, 15) is 19.2 Å². The number of carbonyl (C=O) groups excluding carboxylic acids is 6. The summed E-state index contributed by atoms with van der Waals surface area (Å²) in [7, 11) is 2.74. The van der Waals surface area contributed by atoms with Crippen LogP contribution < -0.4 is 0 Å². The van der Waals surface area contributed by atoms with Gasteiger partial charge < -0.3 is 28.7 Å². The van der Waals surface area contributed by atoms with Gasteiger partial charge in [0.1, 0.15) is 11.2 Å². The zero-order chi connectivity index (χ0) is 29.7. The van der Waals surface area contributed by atoms with E-state index in [1.165, 1.54) is 14.2 Å². The summed E-state index contributed by atoms with van der Waals surface area (Å²) in [4.78, 5) is 66.2. The second-order valence-corrected chi connectivity index (χ2v) is 11.3. The summed E-state index contributed by atoms with van der Waals surface area (Å²) in [5.41, 5.74) is -1.02. The molecule has 2 aliphatic heterocycles. The minimum Gasteiger partial charge on any atom is -0.469 e. The van der Waals surface area contributed by atoms with E-state index in [0.717, 1.165) is 19.3 Å². The summed E-state index contributed by atoms with van der Waals surface area (Å²) >= 11 is 0. The Kier molecular flexibility index (Phi) is 14.6. The van der Waals surface area contributed by atoms with Crippen molar-refractivity contribution in [1.82, 2.24) is 9.80 Å². The van der Waals surface area contributed by atoms with Crippen molar-refractivity contribution in [2.75, 3.05) is 40.4 Å². The van der Waals surface area contributed by atoms with Gasteiger partial charge >= 0.3 is 30.3 Å². The lowest BCUT2D eigenvalue weighted by Crippen LogP contribution is -2.47. The first-order valence-corrected chi connectivity index (χ1v) is 12.6. The number of nitrogens with zero attached hydrogens (tertiary/aromatic N) is 2. The molecule has 0 aliphatic carbocycles. The van der Waals surface area contributed by atoms with Crippen LogP contribution in [0.4, 0.5) is 9.59 Å². The average molecular weight is 545 g/mol. The molecule has 0 aromatic carbocycles. The molecule has 2 amide bonds. The molecule has 2 aliphatic rings. The second kappa shape index (κ2) is 16.0. The maximum Gasteiger partial charge on any atom is 0.410 e. The van der Waals surface area contributed by atoms with Gasteiger partial charge in [0.25, 0.3) is 0 Å². The number of piperidine rings is 2. The summed E-state index contributed by atoms with van der Waals surface area (Å²) in [6.07, 6.45) is 1.87. The molecular weight excluding hydrogens is 500 g/mol. The summed E-state index contributed by atoms with van der Waals surface area (Å²) in [6, 6.07) is 0. The topological polar surface area (TPSA) is 146 Å². The van der Waals surface area contributed by atoms with Gasteiger partial charge in [0.15, 0.2) is 0 Å². The van der Waals surface area contributed by atoms with Gasteiger partial charge in [-0.05, 0) is 66.7 Å². The van der Waals surface area contributed by atoms with Crippen LogP contribution in [0.25, 0.3) is 0 Å². The van der Waals surface area contributed by atoms with Gasteiger partial charge in [0.05, 0.1) is 26.1 Å². The van der Waals surface area contributed by atoms with E-state index in [1.54, 1.807) is 9.80 Å². The largest absolute Gasteiger partial charge is 0.469 e. The summed E-state index contributed by atoms with van der Waals surface area (Å²) < 4.78 is 20.0. The first-order chi connectivity index (χ1) is 17.5. The second-order valence-electron chi connectivity index (χ2n) is 11.3. The number of carbonyl (C=O) groups is 4. The molecule has 0 radical (unpaired) electrons. The van der Waals surface area contributed by atoms with Crippen molar-refractivity contribution in [2.45, 2.75) is 78.9 Å². The SMILES string of the molecule is COC(=O)C1CC(C)CN(C(=O)OC(C)(C)C)C1.COC(=O)C1CCCN(C(=O)OC(C)(C)C)C1.O=C=O. The third-order valence-corrected chi connectivity index (χ3v) is 5.45. The molecule has 0 saturated carbocycles. The molecular formula is C26H44N2O10. The molecule has 0 aromatic rings. The highest BCUT2D eigenvalue weighted by molar-refractivity contribution is 5.75. The van der Waals surface area contributed by atoms with Crippen LogP contribution >= 0.6 is 0 Å². The first-order valence-electron chi connectivity index (χ1n) is 12.6. The molecule has 12 nitrogen and oxygen atoms in total. The van der Waals surface area contributed by atoms with Gasteiger partial charge in [-0.2, -0.15) is 9.59 Å². The molecule has 0 N–H and O–H groups in total. The summed E-state index contributed by atoms with van der Waals surface area (Å²) in [5, 5.41) is 0. The van der Waals surface area contributed by atoms with E-state index >= 15 is 0 Å². The molecule has 2 fully saturated rings. The third-order valence-electron chi connectivity index (χ3n) is 5.45. The van der Waals surface area contributed by atoms with E-state index in [1.807, 2.05) is 48.5 Å². The molecule has 0 bridgehead atoms. The molecule has 12 heteroatoms. The Hall–Kier alpha value is -3.14. The molecule has 38 heavy (non-hydrogen) atoms. The Morgan fingerprint density at radius 3 is 1.61 bits per heavy atom. The molecule has 2 saturated heterocycles. The van der Waals surface area contributed by atoms with Crippen LogP contribution in [-0.2, 0) is 38.1 Å². The number of ether oxygens (including phenoxy) is 4. The van der Waals surface area contributed by atoms with Crippen LogP contribution in [0, 0.1) is 17.8 Å². The monoisotopic (exact) mass is 544 g/mol. The van der Waals surface area contributed by atoms with E-state index in [2.05, 4.69) is 0 Å². The zero-order valence-electron chi connectivity index (χ0n) is 24.2. The summed E-state index contributed by atoms with van der Waals surface area (Å²) in [6.45, 7) is 15.0. The lowest BCUT2D eigenvalue weighted by molar-refractivity contribution is -0.191. The van der Waals surface area contributed by atoms with Crippen molar-refractivity contribution in [3.63, 3.8) is 0 Å². The van der Waals surface area contributed by atoms with E-state index in [4.69, 9.17) is 28.5 Å². The van der Waals surface area contributed by atoms with Crippen LogP contribution in [0.15, 0.2) is 0 Å². The standard InChI is InChI=1S/C13H23NO4.C12H21NO4.CO2/c1-9-6-10(11(15)17-5)8-14(7-9)12(16)18-13(2,3)4;1-12(2,3)17-11(15)13-7-5-6-9(8-13)10(14)16-4;2-1-3/h9-10H,6-8H2,1-5H3;9H,5-8H2,1-4H3;. The number of hydrogen-bond acceptors (Lipinski definition) is 10. The van der Waals surface area contributed by atoms with Gasteiger partial charge in [0, 0.05) is 26.2 Å². The van der Waals surface area contributed by atoms with E-state index in [-0.39, 0.29) is 48.0 Å². The summed E-state index contributed by atoms with van der Waals surface area (Å²) in [5.74, 6) is -0.698. The van der Waals surface area contributed by atoms with Crippen LogP contribution in [0.2, 0.25) is 0 Å². The molecule has 0 spiro atoms. The van der Waals surface area contributed by atoms with Gasteiger partial charge in [-0.25, -0.2) is 9.59 Å². The number of hydrogen-bond donors (Lipinski definition) is 0. The highest BCUT2D eigenvalue weighted by atomic mass is 16.6. The predicted octanol–water partition coefficient (Wildman–Crippen LogP) is 3.28. The van der Waals surface area contributed by atoms with Crippen molar-refractivity contribution in [2.24, 2.45) is 17.8 Å². The van der Waals surface area contributed by atoms with Crippen molar-refractivity contribution < 1.29 is 47.7 Å². The number of rotatable bonds is 2. The van der Waals surface area contributed by atoms with Crippen LogP contribution in [-0.4, -0.2) is 91.7 Å². The van der Waals surface area contributed by atoms with E-state index < -0.39 is 11.2 Å². The lowest BCUT2D eigenvalue weighted by atomic mass is 9.91. The maximum absolute atomic E-state index is 12.0. The van der Waals surface area contributed by atoms with Crippen molar-refractivity contribution in [1.29, 1.82) is 0 Å². The number of amides is 2. The highest BCUT2D eigenvalue weighted by Gasteiger charge is 2.34. The van der Waals surface area contributed by atoms with Crippen molar-refractivity contribution in [3.05, 3.63) is 0 Å². The van der Waals surface area contributed by atoms with Gasteiger partial charge in [-0.15, -0.1) is 0 Å². The van der Waals surface area contributed by atoms with Crippen molar-refractivity contribution in [3.8, 4) is 0 Å². The Morgan fingerprint density at radius 1 is 0.737 bits per heavy atom. The first kappa shape index (κ1) is 34.9. The Labute approximate surface area is 225 Å². The number of esters is 2. The van der Waals surface area contributed by atoms with Crippen LogP contribution in [0.3, 0.4) is 0 Å². The maximum atomic E-state index is 12.0. The van der Waals surface area contributed by atoms with Crippen LogP contribution in [0.1, 0.15) is 67.7 Å². The van der Waals surface area contributed by atoms with Gasteiger partial charge in [0.2, 0.25) is 0 Å². The fraction of sp³-hybridized carbons (Fsp3) is 0.808. The van der Waals surface area contributed by atoms with Crippen molar-refractivity contribution >= 4 is 30.3 Å². The smallest absolute Gasteiger partial charge is 0.410 e. The quantitative estimate of drug-likeness (QED) is 0.375. The van der Waals surface area contributed by atoms with Crippen LogP contribution in [0.5, 0.6) is 0 Å². The number of likely N-dealkylation sites (tertiary alicyclic amines) is 2. The normalized spacial score (nSPS) is 21.2. The fourth-order valence-corrected chi connectivity index (χ4v) is 3.99. The molecule has 2 rings (SSSR count). The van der Waals surface area contributed by atoms with E-state index in [0.29, 0.717) is 26.2 Å². The molecule has 0 aromatic heterocycles. The Morgan fingerprint density at radius 2 is 1.16 bits per heavy atom. The Balaban J connectivity index is 0.000000654. The number of methoxy groups -OCH3 is 2. The minimum absolute atomic E-state index is 0.221. The van der Waals surface area contributed by atoms with Gasteiger partial charge in [-0.3, -0.25) is 9.59 Å². The molecule has 2 heterocycles. The average Bonchev–Trinajstić information content (AvgIpc) is 2.81. The fourth-order valence-electron chi connectivity index (χ4n) is 3.99. The van der Waals surface area contributed by atoms with Gasteiger partial charge in [-0.1, -0.05) is 6.92 Å².